The zero-order chi connectivity index (χ0) is 13.8. The molecule has 0 saturated carbocycles. The Balaban J connectivity index is 2.17. The van der Waals surface area contributed by atoms with E-state index < -0.39 is 0 Å². The maximum Gasteiger partial charge on any atom is 0.228 e. The molecule has 0 aromatic heterocycles. The van der Waals surface area contributed by atoms with Crippen molar-refractivity contribution in [2.24, 2.45) is 5.92 Å². The molecular weight excluding hydrogens is 322 g/mol. The highest BCUT2D eigenvalue weighted by Crippen LogP contribution is 2.23. The number of amides is 1. The summed E-state index contributed by atoms with van der Waals surface area (Å²) in [5, 5.41) is 5.25. The first-order valence-electron chi connectivity index (χ1n) is 6.09. The van der Waals surface area contributed by atoms with E-state index in [9.17, 15) is 4.79 Å². The highest BCUT2D eigenvalue weighted by atomic mass is 79.9. The largest absolute Gasteiger partial charge is 0.326 e. The van der Waals surface area contributed by atoms with E-state index in [1.165, 1.54) is 0 Å². The van der Waals surface area contributed by atoms with Crippen LogP contribution in [0.1, 0.15) is 6.92 Å². The fourth-order valence-electron chi connectivity index (χ4n) is 1.89. The lowest BCUT2D eigenvalue weighted by Gasteiger charge is -2.11. The molecule has 1 N–H and O–H groups in total. The van der Waals surface area contributed by atoms with E-state index in [4.69, 9.17) is 0 Å². The van der Waals surface area contributed by atoms with E-state index in [1.54, 1.807) is 11.8 Å². The second kappa shape index (κ2) is 6.44. The van der Waals surface area contributed by atoms with Crippen molar-refractivity contribution in [1.29, 1.82) is 0 Å². The standard InChI is InChI=1S/C15H16BrNOS/c1-10(9-19-2)15(18)17-14-6-4-11-7-13(16)5-3-12(11)8-14/h3-8,10H,9H2,1-2H3,(H,17,18). The summed E-state index contributed by atoms with van der Waals surface area (Å²) in [6.45, 7) is 1.95. The summed E-state index contributed by atoms with van der Waals surface area (Å²) in [7, 11) is 0. The van der Waals surface area contributed by atoms with Gasteiger partial charge in [0.1, 0.15) is 0 Å². The number of anilines is 1. The van der Waals surface area contributed by atoms with Crippen LogP contribution in [0, 0.1) is 5.92 Å². The van der Waals surface area contributed by atoms with E-state index in [0.29, 0.717) is 0 Å². The normalized spacial score (nSPS) is 12.4. The Bertz CT molecular complexity index is 600. The van der Waals surface area contributed by atoms with Crippen molar-refractivity contribution in [3.05, 3.63) is 40.9 Å². The second-order valence-electron chi connectivity index (χ2n) is 4.55. The van der Waals surface area contributed by atoms with Crippen LogP contribution >= 0.6 is 27.7 Å². The smallest absolute Gasteiger partial charge is 0.228 e. The van der Waals surface area contributed by atoms with E-state index in [0.717, 1.165) is 26.7 Å². The Kier molecular flexibility index (Phi) is 4.88. The van der Waals surface area contributed by atoms with Gasteiger partial charge in [0.2, 0.25) is 5.91 Å². The molecule has 0 spiro atoms. The zero-order valence-corrected chi connectivity index (χ0v) is 13.3. The molecule has 100 valence electrons. The average molecular weight is 338 g/mol. The fraction of sp³-hybridized carbons (Fsp3) is 0.267. The summed E-state index contributed by atoms with van der Waals surface area (Å²) in [5.41, 5.74) is 0.854. The second-order valence-corrected chi connectivity index (χ2v) is 6.38. The zero-order valence-electron chi connectivity index (χ0n) is 10.9. The number of hydrogen-bond acceptors (Lipinski definition) is 2. The maximum atomic E-state index is 12.0. The summed E-state index contributed by atoms with van der Waals surface area (Å²) in [6, 6.07) is 12.1. The molecule has 4 heteroatoms. The van der Waals surface area contributed by atoms with Crippen LogP contribution in [0.5, 0.6) is 0 Å². The lowest BCUT2D eigenvalue weighted by Crippen LogP contribution is -2.21. The molecule has 2 nitrogen and oxygen atoms in total. The van der Waals surface area contributed by atoms with E-state index >= 15 is 0 Å². The molecule has 0 fully saturated rings. The summed E-state index contributed by atoms with van der Waals surface area (Å²) >= 11 is 5.14. The Labute approximate surface area is 126 Å². The van der Waals surface area contributed by atoms with Gasteiger partial charge in [-0.2, -0.15) is 11.8 Å². The first-order chi connectivity index (χ1) is 9.10. The van der Waals surface area contributed by atoms with Crippen molar-refractivity contribution in [3.8, 4) is 0 Å². The van der Waals surface area contributed by atoms with Gasteiger partial charge < -0.3 is 5.32 Å². The highest BCUT2D eigenvalue weighted by Gasteiger charge is 2.12. The number of benzene rings is 2. The number of halogens is 1. The molecule has 0 aliphatic heterocycles. The third-order valence-electron chi connectivity index (χ3n) is 2.93. The molecule has 2 aromatic rings. The van der Waals surface area contributed by atoms with E-state index in [-0.39, 0.29) is 11.8 Å². The SMILES string of the molecule is CSCC(C)C(=O)Nc1ccc2cc(Br)ccc2c1. The van der Waals surface area contributed by atoms with Gasteiger partial charge in [-0.05, 0) is 41.3 Å². The molecule has 2 rings (SSSR count). The number of thioether (sulfide) groups is 1. The quantitative estimate of drug-likeness (QED) is 0.887. The molecule has 1 atom stereocenters. The molecule has 2 aromatic carbocycles. The Morgan fingerprint density at radius 1 is 1.26 bits per heavy atom. The fourth-order valence-corrected chi connectivity index (χ4v) is 2.92. The molecule has 1 unspecified atom stereocenters. The topological polar surface area (TPSA) is 29.1 Å². The number of rotatable bonds is 4. The third kappa shape index (κ3) is 3.74. The third-order valence-corrected chi connectivity index (χ3v) is 4.26. The van der Waals surface area contributed by atoms with Gasteiger partial charge in [-0.25, -0.2) is 0 Å². The monoisotopic (exact) mass is 337 g/mol. The molecule has 0 bridgehead atoms. The van der Waals surface area contributed by atoms with Gasteiger partial charge in [0.15, 0.2) is 0 Å². The van der Waals surface area contributed by atoms with E-state index in [1.807, 2.05) is 43.5 Å². The summed E-state index contributed by atoms with van der Waals surface area (Å²) in [5.74, 6) is 0.938. The van der Waals surface area contributed by atoms with Crippen molar-refractivity contribution >= 4 is 50.1 Å². The first kappa shape index (κ1) is 14.4. The predicted molar refractivity (Wildman–Crippen MR) is 87.8 cm³/mol. The van der Waals surface area contributed by atoms with E-state index in [2.05, 4.69) is 27.3 Å². The van der Waals surface area contributed by atoms with Crippen LogP contribution in [-0.4, -0.2) is 17.9 Å². The van der Waals surface area contributed by atoms with Gasteiger partial charge in [-0.1, -0.05) is 35.0 Å². The van der Waals surface area contributed by atoms with Crippen molar-refractivity contribution in [3.63, 3.8) is 0 Å². The number of fused-ring (bicyclic) bond motifs is 1. The number of hydrogen-bond donors (Lipinski definition) is 1. The molecule has 0 aliphatic rings. The lowest BCUT2D eigenvalue weighted by molar-refractivity contribution is -0.118. The van der Waals surface area contributed by atoms with Crippen LogP contribution in [0.4, 0.5) is 5.69 Å². The minimum absolute atomic E-state index is 0.0237. The number of carbonyl (C=O) groups excluding carboxylic acids is 1. The first-order valence-corrected chi connectivity index (χ1v) is 8.28. The molecule has 0 heterocycles. The van der Waals surface area contributed by atoms with Crippen molar-refractivity contribution in [1.82, 2.24) is 0 Å². The van der Waals surface area contributed by atoms with Gasteiger partial charge in [0.25, 0.3) is 0 Å². The van der Waals surface area contributed by atoms with Crippen LogP contribution < -0.4 is 5.32 Å². The lowest BCUT2D eigenvalue weighted by atomic mass is 10.1. The summed E-state index contributed by atoms with van der Waals surface area (Å²) < 4.78 is 1.06. The van der Waals surface area contributed by atoms with Gasteiger partial charge in [0.05, 0.1) is 0 Å². The number of nitrogens with one attached hydrogen (secondary N) is 1. The van der Waals surface area contributed by atoms with Gasteiger partial charge in [-0.15, -0.1) is 0 Å². The molecule has 0 aliphatic carbocycles. The minimum Gasteiger partial charge on any atom is -0.326 e. The van der Waals surface area contributed by atoms with Gasteiger partial charge >= 0.3 is 0 Å². The Morgan fingerprint density at radius 3 is 2.68 bits per heavy atom. The van der Waals surface area contributed by atoms with Gasteiger partial charge in [-0.3, -0.25) is 4.79 Å². The molecule has 19 heavy (non-hydrogen) atoms. The summed E-state index contributed by atoms with van der Waals surface area (Å²) in [6.07, 6.45) is 2.01. The number of carbonyl (C=O) groups is 1. The summed E-state index contributed by atoms with van der Waals surface area (Å²) in [4.78, 5) is 12.0. The average Bonchev–Trinajstić information content (AvgIpc) is 2.39. The molecular formula is C15H16BrNOS. The van der Waals surface area contributed by atoms with Crippen LogP contribution in [-0.2, 0) is 4.79 Å². The highest BCUT2D eigenvalue weighted by molar-refractivity contribution is 9.10. The van der Waals surface area contributed by atoms with Crippen molar-refractivity contribution < 1.29 is 4.79 Å². The predicted octanol–water partition coefficient (Wildman–Crippen LogP) is 4.54. The molecule has 0 saturated heterocycles. The maximum absolute atomic E-state index is 12.0. The molecule has 0 radical (unpaired) electrons. The van der Waals surface area contributed by atoms with Crippen LogP contribution in [0.2, 0.25) is 0 Å². The minimum atomic E-state index is 0.0237. The van der Waals surface area contributed by atoms with Crippen LogP contribution in [0.15, 0.2) is 40.9 Å². The van der Waals surface area contributed by atoms with Crippen molar-refractivity contribution in [2.75, 3.05) is 17.3 Å². The molecule has 1 amide bonds. The van der Waals surface area contributed by atoms with Gasteiger partial charge in [0, 0.05) is 21.8 Å². The van der Waals surface area contributed by atoms with Crippen LogP contribution in [0.3, 0.4) is 0 Å². The van der Waals surface area contributed by atoms with Crippen LogP contribution in [0.25, 0.3) is 10.8 Å². The van der Waals surface area contributed by atoms with Crippen molar-refractivity contribution in [2.45, 2.75) is 6.92 Å². The Morgan fingerprint density at radius 2 is 1.95 bits per heavy atom. The Hall–Kier alpha value is -1.00.